The smallest absolute Gasteiger partial charge is 0.134 e. The van der Waals surface area contributed by atoms with Crippen molar-refractivity contribution < 1.29 is 0 Å². The number of aromatic nitrogens is 3. The molecule has 3 rings (SSSR count). The van der Waals surface area contributed by atoms with Gasteiger partial charge >= 0.3 is 0 Å². The van der Waals surface area contributed by atoms with Crippen molar-refractivity contribution in [2.75, 3.05) is 0 Å². The Morgan fingerprint density at radius 2 is 1.96 bits per heavy atom. The zero-order chi connectivity index (χ0) is 16.9. The van der Waals surface area contributed by atoms with Crippen molar-refractivity contribution in [1.82, 2.24) is 14.8 Å². The summed E-state index contributed by atoms with van der Waals surface area (Å²) >= 11 is 6.49. The predicted molar refractivity (Wildman–Crippen MR) is 95.2 cm³/mol. The van der Waals surface area contributed by atoms with E-state index in [2.05, 4.69) is 16.2 Å². The molecule has 0 saturated heterocycles. The second kappa shape index (κ2) is 7.12. The number of halogens is 1. The highest BCUT2D eigenvalue weighted by Crippen LogP contribution is 2.25. The van der Waals surface area contributed by atoms with Crippen LogP contribution in [0.1, 0.15) is 22.5 Å². The molecule has 0 spiro atoms. The first-order valence-corrected chi connectivity index (χ1v) is 7.87. The SMILES string of the molecule is Cc1nn(Cc2ccccc2)c(Cl)c1/C=C(\C#N)c1ccccn1. The molecule has 4 nitrogen and oxygen atoms in total. The molecule has 0 aliphatic carbocycles. The van der Waals surface area contributed by atoms with Crippen LogP contribution in [0.15, 0.2) is 54.7 Å². The maximum Gasteiger partial charge on any atom is 0.134 e. The molecular formula is C19H15ClN4. The third-order valence-electron chi connectivity index (χ3n) is 3.63. The zero-order valence-electron chi connectivity index (χ0n) is 13.1. The summed E-state index contributed by atoms with van der Waals surface area (Å²) in [6.45, 7) is 2.46. The molecule has 0 unspecified atom stereocenters. The first-order chi connectivity index (χ1) is 11.7. The van der Waals surface area contributed by atoms with Gasteiger partial charge in [-0.15, -0.1) is 0 Å². The van der Waals surface area contributed by atoms with Crippen LogP contribution < -0.4 is 0 Å². The normalized spacial score (nSPS) is 11.3. The summed E-state index contributed by atoms with van der Waals surface area (Å²) in [5.74, 6) is 0. The molecule has 0 saturated carbocycles. The van der Waals surface area contributed by atoms with Crippen molar-refractivity contribution in [3.63, 3.8) is 0 Å². The van der Waals surface area contributed by atoms with Gasteiger partial charge in [-0.25, -0.2) is 4.68 Å². The van der Waals surface area contributed by atoms with Gasteiger partial charge in [0.25, 0.3) is 0 Å². The van der Waals surface area contributed by atoms with E-state index < -0.39 is 0 Å². The van der Waals surface area contributed by atoms with Gasteiger partial charge in [-0.1, -0.05) is 48.0 Å². The number of rotatable bonds is 4. The van der Waals surface area contributed by atoms with Gasteiger partial charge in [0, 0.05) is 11.8 Å². The van der Waals surface area contributed by atoms with Gasteiger partial charge in [-0.3, -0.25) is 4.98 Å². The summed E-state index contributed by atoms with van der Waals surface area (Å²) < 4.78 is 1.74. The average molecular weight is 335 g/mol. The van der Waals surface area contributed by atoms with Crippen molar-refractivity contribution >= 4 is 23.3 Å². The van der Waals surface area contributed by atoms with E-state index in [1.54, 1.807) is 23.0 Å². The lowest BCUT2D eigenvalue weighted by Gasteiger charge is -2.03. The molecular weight excluding hydrogens is 320 g/mol. The standard InChI is InChI=1S/C19H15ClN4/c1-14-17(11-16(12-21)18-9-5-6-10-22-18)19(20)24(23-14)13-15-7-3-2-4-8-15/h2-11H,13H2,1H3/b16-11+. The summed E-state index contributed by atoms with van der Waals surface area (Å²) in [7, 11) is 0. The van der Waals surface area contributed by atoms with Gasteiger partial charge in [0.1, 0.15) is 11.2 Å². The molecule has 0 amide bonds. The monoisotopic (exact) mass is 334 g/mol. The summed E-state index contributed by atoms with van der Waals surface area (Å²) in [6.07, 6.45) is 3.41. The topological polar surface area (TPSA) is 54.5 Å². The maximum absolute atomic E-state index is 9.44. The fraction of sp³-hybridized carbons (Fsp3) is 0.105. The van der Waals surface area contributed by atoms with Gasteiger partial charge in [-0.05, 0) is 30.7 Å². The lowest BCUT2D eigenvalue weighted by molar-refractivity contribution is 0.680. The van der Waals surface area contributed by atoms with Crippen molar-refractivity contribution in [2.45, 2.75) is 13.5 Å². The Kier molecular flexibility index (Phi) is 4.74. The van der Waals surface area contributed by atoms with E-state index in [1.807, 2.05) is 49.4 Å². The minimum absolute atomic E-state index is 0.458. The largest absolute Gasteiger partial charge is 0.256 e. The third-order valence-corrected chi connectivity index (χ3v) is 4.03. The van der Waals surface area contributed by atoms with Crippen LogP contribution >= 0.6 is 11.6 Å². The maximum atomic E-state index is 9.44. The van der Waals surface area contributed by atoms with Gasteiger partial charge in [0.15, 0.2) is 0 Å². The molecule has 3 aromatic rings. The molecule has 0 aliphatic heterocycles. The Morgan fingerprint density at radius 3 is 2.62 bits per heavy atom. The molecule has 2 heterocycles. The first kappa shape index (κ1) is 16.0. The molecule has 0 radical (unpaired) electrons. The zero-order valence-corrected chi connectivity index (χ0v) is 13.9. The highest BCUT2D eigenvalue weighted by molar-refractivity contribution is 6.31. The average Bonchev–Trinajstić information content (AvgIpc) is 2.88. The lowest BCUT2D eigenvalue weighted by Crippen LogP contribution is -2.01. The van der Waals surface area contributed by atoms with Gasteiger partial charge in [0.05, 0.1) is 23.5 Å². The minimum atomic E-state index is 0.458. The highest BCUT2D eigenvalue weighted by atomic mass is 35.5. The van der Waals surface area contributed by atoms with E-state index in [1.165, 1.54) is 0 Å². The van der Waals surface area contributed by atoms with Gasteiger partial charge in [0.2, 0.25) is 0 Å². The van der Waals surface area contributed by atoms with Crippen molar-refractivity contribution in [2.24, 2.45) is 0 Å². The molecule has 1 aromatic carbocycles. The van der Waals surface area contributed by atoms with E-state index in [-0.39, 0.29) is 0 Å². The van der Waals surface area contributed by atoms with E-state index in [0.29, 0.717) is 23.0 Å². The van der Waals surface area contributed by atoms with E-state index in [0.717, 1.165) is 16.8 Å². The van der Waals surface area contributed by atoms with Gasteiger partial charge < -0.3 is 0 Å². The Hall–Kier alpha value is -2.90. The Bertz CT molecular complexity index is 906. The molecule has 5 heteroatoms. The van der Waals surface area contributed by atoms with Crippen molar-refractivity contribution in [3.05, 3.63) is 82.4 Å². The van der Waals surface area contributed by atoms with E-state index >= 15 is 0 Å². The summed E-state index contributed by atoms with van der Waals surface area (Å²) in [5, 5.41) is 14.4. The third kappa shape index (κ3) is 3.37. The van der Waals surface area contributed by atoms with Gasteiger partial charge in [-0.2, -0.15) is 10.4 Å². The van der Waals surface area contributed by atoms with Crippen LogP contribution in [0.25, 0.3) is 11.6 Å². The highest BCUT2D eigenvalue weighted by Gasteiger charge is 2.13. The van der Waals surface area contributed by atoms with Crippen LogP contribution in [0, 0.1) is 18.3 Å². The Morgan fingerprint density at radius 1 is 1.21 bits per heavy atom. The van der Waals surface area contributed by atoms with E-state index in [9.17, 15) is 5.26 Å². The number of pyridine rings is 1. The van der Waals surface area contributed by atoms with Crippen LogP contribution in [-0.4, -0.2) is 14.8 Å². The number of aryl methyl sites for hydroxylation is 1. The molecule has 118 valence electrons. The number of hydrogen-bond acceptors (Lipinski definition) is 3. The van der Waals surface area contributed by atoms with Crippen molar-refractivity contribution in [3.8, 4) is 6.07 Å². The number of allylic oxidation sites excluding steroid dienone is 1. The van der Waals surface area contributed by atoms with Crippen LogP contribution in [0.3, 0.4) is 0 Å². The minimum Gasteiger partial charge on any atom is -0.256 e. The second-order valence-electron chi connectivity index (χ2n) is 5.32. The molecule has 24 heavy (non-hydrogen) atoms. The quantitative estimate of drug-likeness (QED) is 0.666. The molecule has 0 aliphatic rings. The molecule has 0 bridgehead atoms. The molecule has 2 aromatic heterocycles. The summed E-state index contributed by atoms with van der Waals surface area (Å²) in [6, 6.07) is 17.6. The molecule has 0 atom stereocenters. The van der Waals surface area contributed by atoms with E-state index in [4.69, 9.17) is 11.6 Å². The molecule has 0 fully saturated rings. The summed E-state index contributed by atoms with van der Waals surface area (Å²) in [4.78, 5) is 4.22. The van der Waals surface area contributed by atoms with Crippen LogP contribution in [0.2, 0.25) is 5.15 Å². The fourth-order valence-electron chi connectivity index (χ4n) is 2.42. The fourth-order valence-corrected chi connectivity index (χ4v) is 2.71. The number of nitriles is 1. The lowest BCUT2D eigenvalue weighted by atomic mass is 10.1. The van der Waals surface area contributed by atoms with Crippen LogP contribution in [0.5, 0.6) is 0 Å². The first-order valence-electron chi connectivity index (χ1n) is 7.49. The Balaban J connectivity index is 1.97. The number of benzene rings is 1. The van der Waals surface area contributed by atoms with Crippen LogP contribution in [0.4, 0.5) is 0 Å². The number of nitrogens with zero attached hydrogens (tertiary/aromatic N) is 4. The predicted octanol–water partition coefficient (Wildman–Crippen LogP) is 4.35. The second-order valence-corrected chi connectivity index (χ2v) is 5.68. The molecule has 0 N–H and O–H groups in total. The summed E-state index contributed by atoms with van der Waals surface area (Å²) in [5.41, 5.74) is 3.71. The van der Waals surface area contributed by atoms with Crippen molar-refractivity contribution in [1.29, 1.82) is 5.26 Å². The number of hydrogen-bond donors (Lipinski definition) is 0. The van der Waals surface area contributed by atoms with Crippen LogP contribution in [-0.2, 0) is 6.54 Å². The Labute approximate surface area is 145 Å².